The molecule has 5 rings (SSSR count). The summed E-state index contributed by atoms with van der Waals surface area (Å²) < 4.78 is 17.2. The van der Waals surface area contributed by atoms with Crippen LogP contribution in [-0.4, -0.2) is 56.1 Å². The highest BCUT2D eigenvalue weighted by atomic mass is 16.5. The zero-order chi connectivity index (χ0) is 25.4. The average molecular weight is 487 g/mol. The Morgan fingerprint density at radius 2 is 1.67 bits per heavy atom. The van der Waals surface area contributed by atoms with Crippen molar-refractivity contribution in [1.82, 2.24) is 9.80 Å². The van der Waals surface area contributed by atoms with E-state index >= 15 is 0 Å². The first-order chi connectivity index (χ1) is 17.5. The van der Waals surface area contributed by atoms with Crippen LogP contribution in [0.5, 0.6) is 11.5 Å². The van der Waals surface area contributed by atoms with Gasteiger partial charge in [0.15, 0.2) is 16.9 Å². The Balaban J connectivity index is 1.72. The SMILES string of the molecule is CCN(CC)CCN1C(=O)c2oc3c(ccc4ccccc43)c(=O)c2C1c1ccc(OC)c(OC)c1. The molecular formula is C29H30N2O5. The fraction of sp³-hybridized carbons (Fsp3) is 0.310. The molecule has 4 aromatic rings. The molecule has 7 heteroatoms. The summed E-state index contributed by atoms with van der Waals surface area (Å²) in [5.74, 6) is 0.959. The van der Waals surface area contributed by atoms with Gasteiger partial charge in [-0.2, -0.15) is 0 Å². The monoisotopic (exact) mass is 486 g/mol. The van der Waals surface area contributed by atoms with E-state index in [0.717, 1.165) is 29.4 Å². The van der Waals surface area contributed by atoms with Crippen molar-refractivity contribution in [1.29, 1.82) is 0 Å². The molecule has 0 spiro atoms. The number of rotatable bonds is 8. The smallest absolute Gasteiger partial charge is 0.290 e. The van der Waals surface area contributed by atoms with Crippen LogP contribution in [0.2, 0.25) is 0 Å². The Morgan fingerprint density at radius 3 is 2.39 bits per heavy atom. The van der Waals surface area contributed by atoms with Crippen molar-refractivity contribution in [3.63, 3.8) is 0 Å². The largest absolute Gasteiger partial charge is 0.493 e. The summed E-state index contributed by atoms with van der Waals surface area (Å²) >= 11 is 0. The van der Waals surface area contributed by atoms with Crippen LogP contribution in [0.4, 0.5) is 0 Å². The lowest BCUT2D eigenvalue weighted by Crippen LogP contribution is -2.37. The second kappa shape index (κ2) is 9.66. The molecule has 3 aromatic carbocycles. The summed E-state index contributed by atoms with van der Waals surface area (Å²) in [5.41, 5.74) is 1.40. The lowest BCUT2D eigenvalue weighted by atomic mass is 9.97. The highest BCUT2D eigenvalue weighted by Crippen LogP contribution is 2.41. The van der Waals surface area contributed by atoms with Crippen LogP contribution in [0, 0.1) is 0 Å². The maximum absolute atomic E-state index is 14.0. The minimum atomic E-state index is -0.588. The van der Waals surface area contributed by atoms with E-state index in [1.54, 1.807) is 31.3 Å². The summed E-state index contributed by atoms with van der Waals surface area (Å²) in [6.45, 7) is 7.09. The molecule has 0 radical (unpaired) electrons. The molecule has 0 saturated carbocycles. The Hall–Kier alpha value is -3.84. The standard InChI is InChI=1S/C29H30N2O5/c1-5-30(6-2)15-16-31-25(19-12-14-22(34-3)23(17-19)35-4)24-26(32)21-13-11-18-9-7-8-10-20(18)27(21)36-28(24)29(31)33/h7-14,17,25H,5-6,15-16H2,1-4H3. The molecule has 36 heavy (non-hydrogen) atoms. The Morgan fingerprint density at radius 1 is 0.917 bits per heavy atom. The van der Waals surface area contributed by atoms with Crippen molar-refractivity contribution < 1.29 is 18.7 Å². The minimum absolute atomic E-state index is 0.114. The first-order valence-corrected chi connectivity index (χ1v) is 12.3. The van der Waals surface area contributed by atoms with E-state index in [9.17, 15) is 9.59 Å². The third-order valence-electron chi connectivity index (χ3n) is 7.13. The molecule has 1 amide bonds. The predicted molar refractivity (Wildman–Crippen MR) is 140 cm³/mol. The molecule has 1 aromatic heterocycles. The Bertz CT molecular complexity index is 1510. The Kier molecular flexibility index (Phi) is 6.41. The zero-order valence-corrected chi connectivity index (χ0v) is 21.0. The molecule has 186 valence electrons. The maximum Gasteiger partial charge on any atom is 0.290 e. The van der Waals surface area contributed by atoms with Crippen LogP contribution in [0.25, 0.3) is 21.7 Å². The number of methoxy groups -OCH3 is 2. The second-order valence-electron chi connectivity index (χ2n) is 8.88. The summed E-state index contributed by atoms with van der Waals surface area (Å²) in [4.78, 5) is 31.8. The normalized spacial score (nSPS) is 15.2. The number of carbonyl (C=O) groups excluding carboxylic acids is 1. The van der Waals surface area contributed by atoms with Gasteiger partial charge in [-0.3, -0.25) is 9.59 Å². The van der Waals surface area contributed by atoms with Crippen LogP contribution < -0.4 is 14.9 Å². The zero-order valence-electron chi connectivity index (χ0n) is 21.0. The van der Waals surface area contributed by atoms with Gasteiger partial charge in [-0.15, -0.1) is 0 Å². The van der Waals surface area contributed by atoms with Crippen LogP contribution in [0.3, 0.4) is 0 Å². The minimum Gasteiger partial charge on any atom is -0.493 e. The van der Waals surface area contributed by atoms with Gasteiger partial charge in [0, 0.05) is 18.5 Å². The number of benzene rings is 3. The van der Waals surface area contributed by atoms with E-state index in [1.165, 1.54) is 0 Å². The molecule has 1 aliphatic rings. The van der Waals surface area contributed by atoms with Crippen molar-refractivity contribution in [3.8, 4) is 11.5 Å². The van der Waals surface area contributed by atoms with E-state index in [4.69, 9.17) is 13.9 Å². The summed E-state index contributed by atoms with van der Waals surface area (Å²) in [6.07, 6.45) is 0. The van der Waals surface area contributed by atoms with Gasteiger partial charge in [0.25, 0.3) is 5.91 Å². The van der Waals surface area contributed by atoms with Gasteiger partial charge < -0.3 is 23.7 Å². The Labute approximate surface area is 209 Å². The van der Waals surface area contributed by atoms with Gasteiger partial charge >= 0.3 is 0 Å². The third-order valence-corrected chi connectivity index (χ3v) is 7.13. The molecule has 1 aliphatic heterocycles. The van der Waals surface area contributed by atoms with Crippen LogP contribution in [0.1, 0.15) is 41.6 Å². The predicted octanol–water partition coefficient (Wildman–Crippen LogP) is 4.85. The summed E-state index contributed by atoms with van der Waals surface area (Å²) in [7, 11) is 3.15. The second-order valence-corrected chi connectivity index (χ2v) is 8.88. The number of fused-ring (bicyclic) bond motifs is 4. The van der Waals surface area contributed by atoms with E-state index < -0.39 is 6.04 Å². The molecular weight excluding hydrogens is 456 g/mol. The molecule has 0 aliphatic carbocycles. The van der Waals surface area contributed by atoms with E-state index in [-0.39, 0.29) is 17.1 Å². The maximum atomic E-state index is 14.0. The first kappa shape index (κ1) is 23.9. The van der Waals surface area contributed by atoms with Crippen LogP contribution in [0.15, 0.2) is 63.8 Å². The number of hydrogen-bond acceptors (Lipinski definition) is 6. The van der Waals surface area contributed by atoms with E-state index in [2.05, 4.69) is 18.7 Å². The van der Waals surface area contributed by atoms with Gasteiger partial charge in [0.2, 0.25) is 5.76 Å². The molecule has 0 saturated heterocycles. The van der Waals surface area contributed by atoms with E-state index in [1.807, 2.05) is 42.5 Å². The van der Waals surface area contributed by atoms with E-state index in [0.29, 0.717) is 41.1 Å². The quantitative estimate of drug-likeness (QED) is 0.332. The van der Waals surface area contributed by atoms with Crippen molar-refractivity contribution in [2.75, 3.05) is 40.4 Å². The lowest BCUT2D eigenvalue weighted by Gasteiger charge is -2.28. The van der Waals surface area contributed by atoms with Gasteiger partial charge in [0.1, 0.15) is 5.58 Å². The van der Waals surface area contributed by atoms with Crippen molar-refractivity contribution in [2.45, 2.75) is 19.9 Å². The molecule has 7 nitrogen and oxygen atoms in total. The lowest BCUT2D eigenvalue weighted by molar-refractivity contribution is 0.0708. The number of likely N-dealkylation sites (N-methyl/N-ethyl adjacent to an activating group) is 1. The number of hydrogen-bond donors (Lipinski definition) is 0. The third kappa shape index (κ3) is 3.80. The highest BCUT2D eigenvalue weighted by Gasteiger charge is 2.43. The molecule has 1 unspecified atom stereocenters. The number of ether oxygens (including phenoxy) is 2. The van der Waals surface area contributed by atoms with Gasteiger partial charge in [0.05, 0.1) is 31.2 Å². The molecule has 1 atom stereocenters. The van der Waals surface area contributed by atoms with Gasteiger partial charge in [-0.05, 0) is 42.2 Å². The summed E-state index contributed by atoms with van der Waals surface area (Å²) in [5, 5.41) is 2.23. The van der Waals surface area contributed by atoms with Gasteiger partial charge in [-0.25, -0.2) is 0 Å². The van der Waals surface area contributed by atoms with Crippen LogP contribution >= 0.6 is 0 Å². The average Bonchev–Trinajstić information content (AvgIpc) is 3.20. The first-order valence-electron chi connectivity index (χ1n) is 12.3. The molecule has 2 heterocycles. The molecule has 0 bridgehead atoms. The fourth-order valence-corrected chi connectivity index (χ4v) is 5.14. The fourth-order valence-electron chi connectivity index (χ4n) is 5.14. The van der Waals surface area contributed by atoms with Gasteiger partial charge in [-0.1, -0.05) is 50.2 Å². The number of nitrogens with zero attached hydrogens (tertiary/aromatic N) is 2. The van der Waals surface area contributed by atoms with Crippen molar-refractivity contribution >= 4 is 27.6 Å². The van der Waals surface area contributed by atoms with Crippen LogP contribution in [-0.2, 0) is 0 Å². The number of carbonyl (C=O) groups is 1. The number of amides is 1. The highest BCUT2D eigenvalue weighted by molar-refractivity contribution is 6.06. The molecule has 0 N–H and O–H groups in total. The molecule has 0 fully saturated rings. The van der Waals surface area contributed by atoms with Crippen molar-refractivity contribution in [3.05, 3.63) is 81.7 Å². The topological polar surface area (TPSA) is 72.2 Å². The summed E-state index contributed by atoms with van der Waals surface area (Å²) in [6, 6.07) is 16.4. The van der Waals surface area contributed by atoms with Crippen molar-refractivity contribution in [2.24, 2.45) is 0 Å².